The third-order valence-electron chi connectivity index (χ3n) is 6.57. The van der Waals surface area contributed by atoms with Crippen molar-refractivity contribution in [2.24, 2.45) is 4.40 Å². The van der Waals surface area contributed by atoms with Crippen molar-refractivity contribution in [3.8, 4) is 0 Å². The number of rotatable bonds is 7. The highest BCUT2D eigenvalue weighted by molar-refractivity contribution is 7.90. The Kier molecular flexibility index (Phi) is 8.48. The molecule has 0 aliphatic heterocycles. The Morgan fingerprint density at radius 3 is 2.18 bits per heavy atom. The number of carbonyl (C=O) groups is 1. The predicted octanol–water partition coefficient (Wildman–Crippen LogP) is 6.18. The molecule has 0 saturated heterocycles. The molecule has 1 aliphatic rings. The van der Waals surface area contributed by atoms with Crippen LogP contribution in [0.3, 0.4) is 0 Å². The molecule has 1 N–H and O–H groups in total. The van der Waals surface area contributed by atoms with E-state index < -0.39 is 20.9 Å². The summed E-state index contributed by atoms with van der Waals surface area (Å²) in [6.07, 6.45) is 9.28. The number of nitrogens with zero attached hydrogens (tertiary/aromatic N) is 2. The lowest BCUT2D eigenvalue weighted by atomic mass is 9.84. The monoisotopic (exact) mass is 531 g/mol. The fourth-order valence-electron chi connectivity index (χ4n) is 4.40. The summed E-state index contributed by atoms with van der Waals surface area (Å²) in [5, 5.41) is 13.4. The van der Waals surface area contributed by atoms with Gasteiger partial charge < -0.3 is 5.32 Å². The topological polar surface area (TPSA) is 119 Å². The number of nitro benzene ring substituents is 1. The number of nitrogens with one attached hydrogen (secondary N) is 1. The lowest BCUT2D eigenvalue weighted by molar-refractivity contribution is -0.384. The van der Waals surface area contributed by atoms with Gasteiger partial charge in [-0.2, -0.15) is 8.42 Å². The summed E-state index contributed by atoms with van der Waals surface area (Å²) in [5.41, 5.74) is 2.99. The molecule has 38 heavy (non-hydrogen) atoms. The van der Waals surface area contributed by atoms with Crippen molar-refractivity contribution in [3.63, 3.8) is 0 Å². The van der Waals surface area contributed by atoms with Crippen molar-refractivity contribution in [2.75, 3.05) is 0 Å². The maximum absolute atomic E-state index is 13.0. The van der Waals surface area contributed by atoms with E-state index in [1.807, 2.05) is 19.1 Å². The van der Waals surface area contributed by atoms with Crippen LogP contribution in [-0.2, 0) is 10.0 Å². The number of hydrogen-bond donors (Lipinski definition) is 1. The van der Waals surface area contributed by atoms with Gasteiger partial charge in [0.05, 0.1) is 9.82 Å². The van der Waals surface area contributed by atoms with Gasteiger partial charge >= 0.3 is 0 Å². The second-order valence-corrected chi connectivity index (χ2v) is 11.0. The van der Waals surface area contributed by atoms with Gasteiger partial charge in [-0.15, -0.1) is 4.40 Å². The average Bonchev–Trinajstić information content (AvgIpc) is 2.92. The molecule has 0 radical (unpaired) electrons. The Morgan fingerprint density at radius 2 is 1.58 bits per heavy atom. The van der Waals surface area contributed by atoms with E-state index in [2.05, 4.69) is 21.8 Å². The van der Waals surface area contributed by atoms with Crippen LogP contribution in [0.2, 0.25) is 0 Å². The first kappa shape index (κ1) is 26.9. The van der Waals surface area contributed by atoms with E-state index in [4.69, 9.17) is 0 Å². The summed E-state index contributed by atoms with van der Waals surface area (Å²) in [6.45, 7) is 1.85. The Balaban J connectivity index is 1.60. The zero-order valence-corrected chi connectivity index (χ0v) is 21.9. The summed E-state index contributed by atoms with van der Waals surface area (Å²) in [6, 6.07) is 19.4. The molecular formula is C29H29N3O5S. The molecule has 1 aliphatic carbocycles. The van der Waals surface area contributed by atoms with Gasteiger partial charge in [0.15, 0.2) is 0 Å². The number of hydrogen-bond acceptors (Lipinski definition) is 5. The zero-order chi connectivity index (χ0) is 27.1. The summed E-state index contributed by atoms with van der Waals surface area (Å²) >= 11 is 0. The van der Waals surface area contributed by atoms with Crippen molar-refractivity contribution in [1.82, 2.24) is 5.32 Å². The van der Waals surface area contributed by atoms with Gasteiger partial charge in [-0.1, -0.05) is 67.3 Å². The van der Waals surface area contributed by atoms with Crippen molar-refractivity contribution < 1.29 is 18.1 Å². The van der Waals surface area contributed by atoms with E-state index in [1.54, 1.807) is 18.2 Å². The molecule has 0 spiro atoms. The van der Waals surface area contributed by atoms with Crippen LogP contribution >= 0.6 is 0 Å². The molecule has 1 saturated carbocycles. The van der Waals surface area contributed by atoms with E-state index in [1.165, 1.54) is 80.1 Å². The minimum atomic E-state index is -4.11. The standard InChI is InChI=1S/C29H29N3O5S/c1-21-7-18-27(19-8-21)38(36,37)31-28(30-29(33)25-14-16-26(17-15-25)32(34)35)20-11-22-9-12-24(13-10-22)23-5-3-2-4-6-23/h7-20,23H,2-6H2,1H3,(H,30,31,33)/b20-11+. The highest BCUT2D eigenvalue weighted by Gasteiger charge is 2.17. The van der Waals surface area contributed by atoms with Crippen LogP contribution in [0.15, 0.2) is 88.2 Å². The molecule has 0 atom stereocenters. The fourth-order valence-corrected chi connectivity index (χ4v) is 5.35. The summed E-state index contributed by atoms with van der Waals surface area (Å²) in [5.74, 6) is -0.250. The van der Waals surface area contributed by atoms with E-state index in [0.29, 0.717) is 5.92 Å². The largest absolute Gasteiger partial charge is 0.306 e. The van der Waals surface area contributed by atoms with Crippen LogP contribution in [0.5, 0.6) is 0 Å². The van der Waals surface area contributed by atoms with Crippen LogP contribution < -0.4 is 5.32 Å². The smallest absolute Gasteiger partial charge is 0.284 e. The van der Waals surface area contributed by atoms with E-state index in [-0.39, 0.29) is 22.0 Å². The molecule has 4 rings (SSSR count). The van der Waals surface area contributed by atoms with Crippen LogP contribution in [0, 0.1) is 17.0 Å². The quantitative estimate of drug-likeness (QED) is 0.169. The maximum Gasteiger partial charge on any atom is 0.284 e. The van der Waals surface area contributed by atoms with Crippen molar-refractivity contribution in [1.29, 1.82) is 0 Å². The maximum atomic E-state index is 13.0. The first-order valence-corrected chi connectivity index (χ1v) is 13.9. The summed E-state index contributed by atoms with van der Waals surface area (Å²) in [7, 11) is -4.11. The van der Waals surface area contributed by atoms with Gasteiger partial charge in [0.25, 0.3) is 21.6 Å². The van der Waals surface area contributed by atoms with Gasteiger partial charge in [-0.25, -0.2) is 0 Å². The number of amides is 1. The van der Waals surface area contributed by atoms with Gasteiger partial charge in [0.2, 0.25) is 0 Å². The second kappa shape index (κ2) is 12.0. The average molecular weight is 532 g/mol. The zero-order valence-electron chi connectivity index (χ0n) is 21.0. The molecule has 0 bridgehead atoms. The lowest BCUT2D eigenvalue weighted by Gasteiger charge is -2.21. The molecule has 9 heteroatoms. The van der Waals surface area contributed by atoms with Crippen LogP contribution in [0.1, 0.15) is 65.1 Å². The first-order chi connectivity index (χ1) is 18.2. The van der Waals surface area contributed by atoms with E-state index in [0.717, 1.165) is 11.1 Å². The van der Waals surface area contributed by atoms with Crippen molar-refractivity contribution >= 4 is 33.5 Å². The van der Waals surface area contributed by atoms with E-state index in [9.17, 15) is 23.3 Å². The normalized spacial score (nSPS) is 14.9. The molecule has 0 unspecified atom stereocenters. The number of sulfonamides is 1. The molecule has 0 heterocycles. The van der Waals surface area contributed by atoms with Crippen molar-refractivity contribution in [3.05, 3.63) is 111 Å². The van der Waals surface area contributed by atoms with Crippen LogP contribution in [0.25, 0.3) is 6.08 Å². The number of aryl methyl sites for hydroxylation is 1. The number of benzene rings is 3. The molecule has 0 aromatic heterocycles. The number of carbonyl (C=O) groups excluding carboxylic acids is 1. The Labute approximate surface area is 222 Å². The van der Waals surface area contributed by atoms with Gasteiger partial charge in [0.1, 0.15) is 5.84 Å². The third-order valence-corrected chi connectivity index (χ3v) is 7.87. The Morgan fingerprint density at radius 1 is 0.947 bits per heavy atom. The predicted molar refractivity (Wildman–Crippen MR) is 148 cm³/mol. The number of amidine groups is 1. The van der Waals surface area contributed by atoms with Crippen molar-refractivity contribution in [2.45, 2.75) is 49.8 Å². The minimum Gasteiger partial charge on any atom is -0.306 e. The third kappa shape index (κ3) is 7.01. The minimum absolute atomic E-state index is 0.00424. The number of nitro groups is 1. The molecule has 1 fully saturated rings. The lowest BCUT2D eigenvalue weighted by Crippen LogP contribution is -2.30. The number of non-ortho nitro benzene ring substituents is 1. The van der Waals surface area contributed by atoms with Gasteiger partial charge in [0, 0.05) is 17.7 Å². The highest BCUT2D eigenvalue weighted by Crippen LogP contribution is 2.32. The fraction of sp³-hybridized carbons (Fsp3) is 0.241. The van der Waals surface area contributed by atoms with Gasteiger partial charge in [-0.3, -0.25) is 14.9 Å². The molecular weight excluding hydrogens is 502 g/mol. The Bertz CT molecular complexity index is 1450. The molecule has 3 aromatic carbocycles. The Hall–Kier alpha value is -4.11. The molecule has 196 valence electrons. The molecule has 1 amide bonds. The van der Waals surface area contributed by atoms with Gasteiger partial charge in [-0.05, 0) is 67.2 Å². The highest BCUT2D eigenvalue weighted by atomic mass is 32.2. The first-order valence-electron chi connectivity index (χ1n) is 12.5. The summed E-state index contributed by atoms with van der Waals surface area (Å²) in [4.78, 5) is 23.2. The SMILES string of the molecule is Cc1ccc(S(=O)(=O)/N=C(\C=C\c2ccc(C3CCCCC3)cc2)NC(=O)c2ccc([N+](=O)[O-])cc2)cc1. The summed E-state index contributed by atoms with van der Waals surface area (Å²) < 4.78 is 29.8. The van der Waals surface area contributed by atoms with Crippen LogP contribution in [0.4, 0.5) is 5.69 Å². The molecule has 8 nitrogen and oxygen atoms in total. The van der Waals surface area contributed by atoms with Crippen LogP contribution in [-0.4, -0.2) is 25.1 Å². The molecule has 3 aromatic rings. The van der Waals surface area contributed by atoms with E-state index >= 15 is 0 Å². The second-order valence-electron chi connectivity index (χ2n) is 9.36.